The maximum absolute atomic E-state index is 9.51. The zero-order valence-electron chi connectivity index (χ0n) is 4.71. The molecule has 6 heteroatoms. The van der Waals surface area contributed by atoms with Crippen LogP contribution in [0.4, 0.5) is 0 Å². The molecule has 0 fully saturated rings. The first-order chi connectivity index (χ1) is 4.50. The minimum atomic E-state index is -3.22. The summed E-state index contributed by atoms with van der Waals surface area (Å²) in [5.41, 5.74) is 0. The van der Waals surface area contributed by atoms with E-state index in [2.05, 4.69) is 33.7 Å². The van der Waals surface area contributed by atoms with E-state index in [4.69, 9.17) is 0 Å². The van der Waals surface area contributed by atoms with Gasteiger partial charge in [0, 0.05) is 0 Å². The third kappa shape index (κ3) is 15.9. The maximum Gasteiger partial charge on any atom is 0.339 e. The zero-order valence-corrected chi connectivity index (χ0v) is 8.69. The molecule has 0 saturated heterocycles. The molecule has 0 amide bonds. The summed E-state index contributed by atoms with van der Waals surface area (Å²) in [7, 11) is 0. The van der Waals surface area contributed by atoms with Gasteiger partial charge >= 0.3 is 5.20 Å². The first-order valence-electron chi connectivity index (χ1n) is 2.16. The molecule has 10 heavy (non-hydrogen) atoms. The predicted octanol–water partition coefficient (Wildman–Crippen LogP) is 4.56. The molecule has 0 aliphatic carbocycles. The lowest BCUT2D eigenvalue weighted by Gasteiger charge is -1.74. The smallest absolute Gasteiger partial charge is 0.271 e. The predicted molar refractivity (Wildman–Crippen MR) is 49.5 cm³/mol. The Hall–Kier alpha value is 0.800. The Bertz CT molecular complexity index is 169. The first kappa shape index (κ1) is 10.8. The van der Waals surface area contributed by atoms with Gasteiger partial charge in [-0.3, -0.25) is 4.57 Å². The van der Waals surface area contributed by atoms with Gasteiger partial charge in [-0.1, -0.05) is 12.1 Å². The zero-order chi connectivity index (χ0) is 8.04. The Balaban J connectivity index is 0.000000162. The third-order valence-electron chi connectivity index (χ3n) is 0.425. The third-order valence-corrected chi connectivity index (χ3v) is 1.05. The Morgan fingerprint density at radius 3 is 1.50 bits per heavy atom. The van der Waals surface area contributed by atoms with Crippen LogP contribution in [0, 0.1) is 0 Å². The first-order valence-corrected chi connectivity index (χ1v) is 7.53. The number of thiophene rings is 1. The lowest BCUT2D eigenvalue weighted by molar-refractivity contribution is 0.600. The van der Waals surface area contributed by atoms with Crippen molar-refractivity contribution in [2.24, 2.45) is 0 Å². The largest absolute Gasteiger partial charge is 0.339 e. The van der Waals surface area contributed by atoms with Gasteiger partial charge in [0.1, 0.15) is 0 Å². The van der Waals surface area contributed by atoms with Crippen LogP contribution < -0.4 is 0 Å². The minimum Gasteiger partial charge on any atom is -0.271 e. The molecule has 58 valence electrons. The van der Waals surface area contributed by atoms with E-state index >= 15 is 0 Å². The normalized spacial score (nSPS) is 9.90. The van der Waals surface area contributed by atoms with Gasteiger partial charge in [0.2, 0.25) is 0 Å². The Kier molecular flexibility index (Phi) is 5.89. The van der Waals surface area contributed by atoms with E-state index in [1.54, 1.807) is 11.3 Å². The number of rotatable bonds is 0. The number of hydrogen-bond donors (Lipinski definition) is 0. The summed E-state index contributed by atoms with van der Waals surface area (Å²) in [6.45, 7) is 0. The van der Waals surface area contributed by atoms with Gasteiger partial charge in [-0.15, -0.1) is 0 Å². The Morgan fingerprint density at radius 2 is 1.40 bits per heavy atom. The summed E-state index contributed by atoms with van der Waals surface area (Å²) < 4.78 is 9.51. The minimum absolute atomic E-state index is 1.71. The van der Waals surface area contributed by atoms with Crippen molar-refractivity contribution < 1.29 is 4.57 Å². The van der Waals surface area contributed by atoms with E-state index in [1.165, 1.54) is 0 Å². The molecule has 1 nitrogen and oxygen atoms in total. The van der Waals surface area contributed by atoms with Crippen LogP contribution in [0.15, 0.2) is 22.9 Å². The summed E-state index contributed by atoms with van der Waals surface area (Å²) in [4.78, 5) is 0. The summed E-state index contributed by atoms with van der Waals surface area (Å²) >= 11 is 15.6. The summed E-state index contributed by atoms with van der Waals surface area (Å²) in [5, 5.41) is 0.861. The SMILES string of the molecule is O=P(Cl)(Cl)Cl.c1ccsc1. The summed E-state index contributed by atoms with van der Waals surface area (Å²) in [5.74, 6) is 0. The van der Waals surface area contributed by atoms with Gasteiger partial charge in [-0.2, -0.15) is 11.3 Å². The van der Waals surface area contributed by atoms with Crippen LogP contribution in [0.25, 0.3) is 0 Å². The van der Waals surface area contributed by atoms with Crippen LogP contribution in [0.3, 0.4) is 0 Å². The highest BCUT2D eigenvalue weighted by Gasteiger charge is 2.02. The quantitative estimate of drug-likeness (QED) is 0.605. The van der Waals surface area contributed by atoms with E-state index in [0.29, 0.717) is 0 Å². The fraction of sp³-hybridized carbons (Fsp3) is 0. The van der Waals surface area contributed by atoms with Crippen molar-refractivity contribution in [3.8, 4) is 0 Å². The highest BCUT2D eigenvalue weighted by atomic mass is 36.0. The van der Waals surface area contributed by atoms with Crippen molar-refractivity contribution >= 4 is 50.3 Å². The summed E-state index contributed by atoms with van der Waals surface area (Å²) in [6, 6.07) is 4.04. The van der Waals surface area contributed by atoms with E-state index < -0.39 is 5.20 Å². The standard InChI is InChI=1S/C4H4S.Cl3OP/c1-2-4-5-3-1;1-5(2,3)4/h1-4H;. The topological polar surface area (TPSA) is 17.1 Å². The molecular weight excluding hydrogens is 233 g/mol. The van der Waals surface area contributed by atoms with Crippen molar-refractivity contribution in [1.82, 2.24) is 0 Å². The molecular formula is C4H4Cl3OPS. The van der Waals surface area contributed by atoms with Crippen LogP contribution in [0.5, 0.6) is 0 Å². The van der Waals surface area contributed by atoms with Crippen molar-refractivity contribution in [2.45, 2.75) is 0 Å². The molecule has 0 N–H and O–H groups in total. The molecule has 0 spiro atoms. The van der Waals surface area contributed by atoms with Gasteiger partial charge in [0.25, 0.3) is 0 Å². The van der Waals surface area contributed by atoms with E-state index in [1.807, 2.05) is 22.9 Å². The van der Waals surface area contributed by atoms with E-state index in [0.717, 1.165) is 0 Å². The van der Waals surface area contributed by atoms with Crippen LogP contribution in [0.2, 0.25) is 0 Å². The highest BCUT2D eigenvalue weighted by Crippen LogP contribution is 2.61. The van der Waals surface area contributed by atoms with Crippen molar-refractivity contribution in [1.29, 1.82) is 0 Å². The Morgan fingerprint density at radius 1 is 1.10 bits per heavy atom. The van der Waals surface area contributed by atoms with Crippen LogP contribution >= 0.6 is 50.3 Å². The fourth-order valence-electron chi connectivity index (χ4n) is 0.227. The molecule has 0 bridgehead atoms. The van der Waals surface area contributed by atoms with Crippen LogP contribution in [-0.4, -0.2) is 0 Å². The summed E-state index contributed by atoms with van der Waals surface area (Å²) in [6.07, 6.45) is 0. The second-order valence-electron chi connectivity index (χ2n) is 1.19. The molecule has 1 aromatic rings. The second kappa shape index (κ2) is 5.45. The monoisotopic (exact) mass is 236 g/mol. The average Bonchev–Trinajstić information content (AvgIpc) is 2.07. The molecule has 1 heterocycles. The van der Waals surface area contributed by atoms with Crippen molar-refractivity contribution in [3.63, 3.8) is 0 Å². The highest BCUT2D eigenvalue weighted by molar-refractivity contribution is 8.24. The second-order valence-corrected chi connectivity index (χ2v) is 8.65. The molecule has 1 rings (SSSR count). The number of hydrogen-bond acceptors (Lipinski definition) is 2. The molecule has 1 aromatic heterocycles. The molecule has 0 aliphatic rings. The van der Waals surface area contributed by atoms with E-state index in [-0.39, 0.29) is 0 Å². The van der Waals surface area contributed by atoms with Gasteiger partial charge in [-0.25, -0.2) is 0 Å². The molecule has 0 unspecified atom stereocenters. The number of halogens is 3. The van der Waals surface area contributed by atoms with Gasteiger partial charge < -0.3 is 0 Å². The lowest BCUT2D eigenvalue weighted by atomic mass is 10.7. The van der Waals surface area contributed by atoms with Crippen molar-refractivity contribution in [2.75, 3.05) is 0 Å². The van der Waals surface area contributed by atoms with Crippen LogP contribution in [-0.2, 0) is 4.57 Å². The average molecular weight is 237 g/mol. The molecule has 0 atom stereocenters. The van der Waals surface area contributed by atoms with Crippen molar-refractivity contribution in [3.05, 3.63) is 22.9 Å². The van der Waals surface area contributed by atoms with E-state index in [9.17, 15) is 4.57 Å². The fourth-order valence-corrected chi connectivity index (χ4v) is 0.680. The van der Waals surface area contributed by atoms with Crippen LogP contribution in [0.1, 0.15) is 0 Å². The maximum atomic E-state index is 9.51. The molecule has 0 saturated carbocycles. The van der Waals surface area contributed by atoms with Gasteiger partial charge in [0.05, 0.1) is 0 Å². The molecule has 0 aromatic carbocycles. The molecule has 0 aliphatic heterocycles. The van der Waals surface area contributed by atoms with Gasteiger partial charge in [0.15, 0.2) is 0 Å². The molecule has 0 radical (unpaired) electrons. The lowest BCUT2D eigenvalue weighted by Crippen LogP contribution is -1.19. The Labute approximate surface area is 77.7 Å². The van der Waals surface area contributed by atoms with Gasteiger partial charge in [-0.05, 0) is 44.5 Å².